The first-order chi connectivity index (χ1) is 11.9. The minimum atomic E-state index is -1.00. The van der Waals surface area contributed by atoms with Gasteiger partial charge in [0.2, 0.25) is 5.01 Å². The predicted molar refractivity (Wildman–Crippen MR) is 99.7 cm³/mol. The Kier molecular flexibility index (Phi) is 3.58. The van der Waals surface area contributed by atoms with Gasteiger partial charge in [-0.25, -0.2) is 14.8 Å². The SMILES string of the molecule is CC1(C)C=CC(c2cnc3[nH]cc(-c4csc(C(=O)O)n4)c3c2)=CC1. The number of aromatic carboxylic acids is 1. The van der Waals surface area contributed by atoms with E-state index in [-0.39, 0.29) is 10.4 Å². The molecule has 5 nitrogen and oxygen atoms in total. The fourth-order valence-electron chi connectivity index (χ4n) is 2.91. The van der Waals surface area contributed by atoms with E-state index in [2.05, 4.69) is 53.1 Å². The normalized spacial score (nSPS) is 16.2. The fourth-order valence-corrected chi connectivity index (χ4v) is 3.56. The highest BCUT2D eigenvalue weighted by molar-refractivity contribution is 7.11. The van der Waals surface area contributed by atoms with Crippen LogP contribution in [0.15, 0.2) is 42.1 Å². The number of H-pyrrole nitrogens is 1. The average molecular weight is 351 g/mol. The molecule has 0 unspecified atom stereocenters. The summed E-state index contributed by atoms with van der Waals surface area (Å²) in [5.74, 6) is -1.00. The van der Waals surface area contributed by atoms with Gasteiger partial charge in [-0.1, -0.05) is 32.1 Å². The lowest BCUT2D eigenvalue weighted by molar-refractivity contribution is 0.0696. The van der Waals surface area contributed by atoms with Crippen LogP contribution in [0.25, 0.3) is 27.9 Å². The number of nitrogens with zero attached hydrogens (tertiary/aromatic N) is 2. The Labute approximate surface area is 148 Å². The third-order valence-corrected chi connectivity index (χ3v) is 5.22. The Hall–Kier alpha value is -2.73. The van der Waals surface area contributed by atoms with Gasteiger partial charge in [-0.2, -0.15) is 0 Å². The molecule has 6 heteroatoms. The molecule has 0 aromatic carbocycles. The third kappa shape index (κ3) is 2.89. The number of carboxylic acids is 1. The summed E-state index contributed by atoms with van der Waals surface area (Å²) in [6.07, 6.45) is 11.3. The molecule has 0 saturated carbocycles. The summed E-state index contributed by atoms with van der Waals surface area (Å²) in [6, 6.07) is 2.09. The van der Waals surface area contributed by atoms with E-state index in [1.165, 1.54) is 0 Å². The Bertz CT molecular complexity index is 1040. The Morgan fingerprint density at radius 3 is 2.92 bits per heavy atom. The van der Waals surface area contributed by atoms with Crippen LogP contribution in [0.2, 0.25) is 0 Å². The number of carbonyl (C=O) groups is 1. The van der Waals surface area contributed by atoms with Crippen LogP contribution >= 0.6 is 11.3 Å². The number of allylic oxidation sites excluding steroid dienone is 4. The van der Waals surface area contributed by atoms with Crippen molar-refractivity contribution < 1.29 is 9.90 Å². The zero-order chi connectivity index (χ0) is 17.6. The zero-order valence-electron chi connectivity index (χ0n) is 13.9. The molecular formula is C19H17N3O2S. The van der Waals surface area contributed by atoms with Crippen molar-refractivity contribution in [3.8, 4) is 11.3 Å². The van der Waals surface area contributed by atoms with Gasteiger partial charge in [-0.3, -0.25) is 0 Å². The van der Waals surface area contributed by atoms with Crippen molar-refractivity contribution in [3.63, 3.8) is 0 Å². The highest BCUT2D eigenvalue weighted by Gasteiger charge is 2.18. The molecule has 4 rings (SSSR count). The number of carboxylic acid groups (broad SMARTS) is 1. The van der Waals surface area contributed by atoms with Crippen LogP contribution in [0.1, 0.15) is 35.6 Å². The maximum absolute atomic E-state index is 11.1. The number of pyridine rings is 1. The highest BCUT2D eigenvalue weighted by Crippen LogP contribution is 2.34. The quantitative estimate of drug-likeness (QED) is 0.713. The van der Waals surface area contributed by atoms with E-state index < -0.39 is 5.97 Å². The van der Waals surface area contributed by atoms with Crippen molar-refractivity contribution in [2.24, 2.45) is 5.41 Å². The largest absolute Gasteiger partial charge is 0.476 e. The van der Waals surface area contributed by atoms with Crippen LogP contribution < -0.4 is 0 Å². The topological polar surface area (TPSA) is 78.9 Å². The highest BCUT2D eigenvalue weighted by atomic mass is 32.1. The minimum absolute atomic E-state index is 0.0913. The summed E-state index contributed by atoms with van der Waals surface area (Å²) in [5, 5.41) is 11.9. The zero-order valence-corrected chi connectivity index (χ0v) is 14.7. The summed E-state index contributed by atoms with van der Waals surface area (Å²) < 4.78 is 0. The van der Waals surface area contributed by atoms with E-state index in [4.69, 9.17) is 5.11 Å². The number of thiazole rings is 1. The number of nitrogens with one attached hydrogen (secondary N) is 1. The van der Waals surface area contributed by atoms with Crippen molar-refractivity contribution in [2.45, 2.75) is 20.3 Å². The van der Waals surface area contributed by atoms with Gasteiger partial charge in [-0.15, -0.1) is 11.3 Å². The number of hydrogen-bond acceptors (Lipinski definition) is 4. The first kappa shape index (κ1) is 15.8. The van der Waals surface area contributed by atoms with Gasteiger partial charge >= 0.3 is 5.97 Å². The van der Waals surface area contributed by atoms with Crippen LogP contribution in [0.5, 0.6) is 0 Å². The number of fused-ring (bicyclic) bond motifs is 1. The molecular weight excluding hydrogens is 334 g/mol. The van der Waals surface area contributed by atoms with E-state index in [0.29, 0.717) is 5.69 Å². The molecule has 25 heavy (non-hydrogen) atoms. The summed E-state index contributed by atoms with van der Waals surface area (Å²) in [7, 11) is 0. The van der Waals surface area contributed by atoms with Gasteiger partial charge in [0.1, 0.15) is 5.65 Å². The summed E-state index contributed by atoms with van der Waals surface area (Å²) >= 11 is 1.13. The van der Waals surface area contributed by atoms with Crippen LogP contribution in [0, 0.1) is 5.41 Å². The van der Waals surface area contributed by atoms with Crippen molar-refractivity contribution in [1.29, 1.82) is 0 Å². The molecule has 1 aliphatic rings. The lowest BCUT2D eigenvalue weighted by Crippen LogP contribution is -2.08. The van der Waals surface area contributed by atoms with Gasteiger partial charge in [0, 0.05) is 34.3 Å². The first-order valence-electron chi connectivity index (χ1n) is 7.99. The third-order valence-electron chi connectivity index (χ3n) is 4.39. The molecule has 0 atom stereocenters. The first-order valence-corrected chi connectivity index (χ1v) is 8.87. The van der Waals surface area contributed by atoms with Crippen molar-refractivity contribution in [1.82, 2.24) is 15.0 Å². The van der Waals surface area contributed by atoms with Crippen LogP contribution in [0.3, 0.4) is 0 Å². The van der Waals surface area contributed by atoms with Gasteiger partial charge in [0.15, 0.2) is 0 Å². The van der Waals surface area contributed by atoms with Crippen molar-refractivity contribution >= 4 is 33.9 Å². The second-order valence-corrected chi connectivity index (χ2v) is 7.71. The monoisotopic (exact) mass is 351 g/mol. The molecule has 3 aromatic rings. The standard InChI is InChI=1S/C19H17N3O2S/c1-19(2)5-3-11(4-6-19)12-7-13-14(9-21-16(13)20-8-12)15-10-25-17(22-15)18(23)24/h3-5,7-10H,6H2,1-2H3,(H,20,21)(H,23,24). The average Bonchev–Trinajstić information content (AvgIpc) is 3.20. The van der Waals surface area contributed by atoms with Gasteiger partial charge < -0.3 is 10.1 Å². The van der Waals surface area contributed by atoms with Crippen molar-refractivity contribution in [2.75, 3.05) is 0 Å². The smallest absolute Gasteiger partial charge is 0.365 e. The number of aromatic nitrogens is 3. The second-order valence-electron chi connectivity index (χ2n) is 6.85. The lowest BCUT2D eigenvalue weighted by atomic mass is 9.83. The molecule has 126 valence electrons. The van der Waals surface area contributed by atoms with E-state index in [1.807, 2.05) is 12.4 Å². The molecule has 0 spiro atoms. The molecule has 3 heterocycles. The van der Waals surface area contributed by atoms with Crippen LogP contribution in [-0.4, -0.2) is 26.0 Å². The number of aromatic amines is 1. The Morgan fingerprint density at radius 1 is 1.40 bits per heavy atom. The maximum atomic E-state index is 11.1. The molecule has 1 aliphatic carbocycles. The maximum Gasteiger partial charge on any atom is 0.365 e. The van der Waals surface area contributed by atoms with Crippen LogP contribution in [-0.2, 0) is 0 Å². The fraction of sp³-hybridized carbons (Fsp3) is 0.211. The molecule has 0 bridgehead atoms. The number of rotatable bonds is 3. The Morgan fingerprint density at radius 2 is 2.24 bits per heavy atom. The summed E-state index contributed by atoms with van der Waals surface area (Å²) in [5.41, 5.74) is 4.69. The molecule has 0 radical (unpaired) electrons. The molecule has 0 saturated heterocycles. The summed E-state index contributed by atoms with van der Waals surface area (Å²) in [4.78, 5) is 22.9. The number of hydrogen-bond donors (Lipinski definition) is 2. The van der Waals surface area contributed by atoms with E-state index in [0.717, 1.165) is 45.5 Å². The van der Waals surface area contributed by atoms with Gasteiger partial charge in [-0.05, 0) is 23.5 Å². The van der Waals surface area contributed by atoms with E-state index in [9.17, 15) is 4.79 Å². The molecule has 0 aliphatic heterocycles. The minimum Gasteiger partial charge on any atom is -0.476 e. The molecule has 3 aromatic heterocycles. The van der Waals surface area contributed by atoms with E-state index >= 15 is 0 Å². The molecule has 0 amide bonds. The molecule has 2 N–H and O–H groups in total. The van der Waals surface area contributed by atoms with Crippen molar-refractivity contribution in [3.05, 3.63) is 52.6 Å². The Balaban J connectivity index is 1.77. The second kappa shape index (κ2) is 5.67. The lowest BCUT2D eigenvalue weighted by Gasteiger charge is -2.22. The summed E-state index contributed by atoms with van der Waals surface area (Å²) in [6.45, 7) is 4.43. The van der Waals surface area contributed by atoms with E-state index in [1.54, 1.807) is 5.38 Å². The predicted octanol–water partition coefficient (Wildman–Crippen LogP) is 4.75. The van der Waals surface area contributed by atoms with Gasteiger partial charge in [0.05, 0.1) is 5.69 Å². The van der Waals surface area contributed by atoms with Gasteiger partial charge in [0.25, 0.3) is 0 Å². The molecule has 0 fully saturated rings. The van der Waals surface area contributed by atoms with Crippen LogP contribution in [0.4, 0.5) is 0 Å².